The highest BCUT2D eigenvalue weighted by Crippen LogP contribution is 2.48. The van der Waals surface area contributed by atoms with E-state index in [0.717, 1.165) is 12.8 Å². The van der Waals surface area contributed by atoms with Gasteiger partial charge in [-0.3, -0.25) is 0 Å². The molecule has 0 amide bonds. The summed E-state index contributed by atoms with van der Waals surface area (Å²) < 4.78 is 2.32. The summed E-state index contributed by atoms with van der Waals surface area (Å²) in [7, 11) is 2.19. The molecular formula is C30H28N+. The Kier molecular flexibility index (Phi) is 3.84. The summed E-state index contributed by atoms with van der Waals surface area (Å²) in [6.45, 7) is 8.95. The van der Waals surface area contributed by atoms with Crippen molar-refractivity contribution in [3.63, 3.8) is 0 Å². The third kappa shape index (κ3) is 2.53. The predicted molar refractivity (Wildman–Crippen MR) is 128 cm³/mol. The van der Waals surface area contributed by atoms with Crippen LogP contribution in [0, 0.1) is 27.7 Å². The van der Waals surface area contributed by atoms with Crippen LogP contribution in [0.2, 0.25) is 0 Å². The number of aryl methyl sites for hydroxylation is 4. The van der Waals surface area contributed by atoms with Gasteiger partial charge in [-0.25, -0.2) is 4.57 Å². The van der Waals surface area contributed by atoms with Gasteiger partial charge in [0.25, 0.3) is 0 Å². The van der Waals surface area contributed by atoms with Crippen molar-refractivity contribution in [3.8, 4) is 33.5 Å². The summed E-state index contributed by atoms with van der Waals surface area (Å²) in [5.74, 6) is 0. The van der Waals surface area contributed by atoms with Gasteiger partial charge in [0.1, 0.15) is 7.05 Å². The summed E-state index contributed by atoms with van der Waals surface area (Å²) in [5, 5.41) is 0. The average molecular weight is 403 g/mol. The second-order valence-corrected chi connectivity index (χ2v) is 9.50. The van der Waals surface area contributed by atoms with E-state index in [1.54, 1.807) is 5.56 Å². The van der Waals surface area contributed by atoms with Crippen molar-refractivity contribution in [2.75, 3.05) is 0 Å². The molecule has 0 unspecified atom stereocenters. The van der Waals surface area contributed by atoms with E-state index in [1.807, 2.05) is 0 Å². The van der Waals surface area contributed by atoms with Crippen molar-refractivity contribution in [1.82, 2.24) is 0 Å². The normalized spacial score (nSPS) is 13.1. The summed E-state index contributed by atoms with van der Waals surface area (Å²) >= 11 is 0. The van der Waals surface area contributed by atoms with E-state index in [0.29, 0.717) is 0 Å². The number of pyridine rings is 1. The van der Waals surface area contributed by atoms with Crippen molar-refractivity contribution in [3.05, 3.63) is 99.2 Å². The zero-order valence-electron chi connectivity index (χ0n) is 19.1. The summed E-state index contributed by atoms with van der Waals surface area (Å²) in [5.41, 5.74) is 20.0. The second-order valence-electron chi connectivity index (χ2n) is 9.50. The SMILES string of the molecule is Cc1cc(C)c(C)c(-c2c3c(cc[n+]2C)-c2ccc4c(c2C3)Cc2cccc(C)c2-4)c1. The van der Waals surface area contributed by atoms with Crippen LogP contribution in [0.3, 0.4) is 0 Å². The van der Waals surface area contributed by atoms with Gasteiger partial charge >= 0.3 is 0 Å². The van der Waals surface area contributed by atoms with Gasteiger partial charge in [-0.15, -0.1) is 0 Å². The lowest BCUT2D eigenvalue weighted by molar-refractivity contribution is -0.660. The molecule has 2 aliphatic carbocycles. The minimum absolute atomic E-state index is 1.03. The summed E-state index contributed by atoms with van der Waals surface area (Å²) in [6, 6.07) is 18.5. The van der Waals surface area contributed by atoms with Crippen molar-refractivity contribution < 1.29 is 4.57 Å². The fourth-order valence-electron chi connectivity index (χ4n) is 5.98. The van der Waals surface area contributed by atoms with Crippen LogP contribution in [0.5, 0.6) is 0 Å². The second kappa shape index (κ2) is 6.40. The van der Waals surface area contributed by atoms with Gasteiger partial charge in [-0.1, -0.05) is 42.0 Å². The van der Waals surface area contributed by atoms with Gasteiger partial charge in [-0.05, 0) is 95.8 Å². The van der Waals surface area contributed by atoms with Crippen LogP contribution in [0.25, 0.3) is 33.5 Å². The molecule has 0 bridgehead atoms. The maximum Gasteiger partial charge on any atom is 0.216 e. The van der Waals surface area contributed by atoms with Gasteiger partial charge < -0.3 is 0 Å². The lowest BCUT2D eigenvalue weighted by Gasteiger charge is -2.12. The lowest BCUT2D eigenvalue weighted by Crippen LogP contribution is -2.32. The van der Waals surface area contributed by atoms with Crippen LogP contribution in [0.15, 0.2) is 54.7 Å². The third-order valence-electron chi connectivity index (χ3n) is 7.57. The molecule has 0 aliphatic heterocycles. The molecule has 152 valence electrons. The molecular weight excluding hydrogens is 374 g/mol. The zero-order chi connectivity index (χ0) is 21.4. The molecule has 1 heterocycles. The smallest absolute Gasteiger partial charge is 0.201 e. The molecule has 0 atom stereocenters. The monoisotopic (exact) mass is 402 g/mol. The lowest BCUT2D eigenvalue weighted by atomic mass is 9.93. The highest BCUT2D eigenvalue weighted by molar-refractivity contribution is 5.89. The van der Waals surface area contributed by atoms with Crippen molar-refractivity contribution >= 4 is 0 Å². The molecule has 31 heavy (non-hydrogen) atoms. The van der Waals surface area contributed by atoms with Crippen molar-refractivity contribution in [2.24, 2.45) is 7.05 Å². The number of nitrogens with zero attached hydrogens (tertiary/aromatic N) is 1. The first kappa shape index (κ1) is 18.6. The summed E-state index contributed by atoms with van der Waals surface area (Å²) in [4.78, 5) is 0. The van der Waals surface area contributed by atoms with E-state index < -0.39 is 0 Å². The van der Waals surface area contributed by atoms with E-state index >= 15 is 0 Å². The number of benzene rings is 3. The number of rotatable bonds is 1. The number of hydrogen-bond donors (Lipinski definition) is 0. The predicted octanol–water partition coefficient (Wildman–Crippen LogP) is 6.55. The number of aromatic nitrogens is 1. The third-order valence-corrected chi connectivity index (χ3v) is 7.57. The Balaban J connectivity index is 1.58. The largest absolute Gasteiger partial charge is 0.216 e. The highest BCUT2D eigenvalue weighted by Gasteiger charge is 2.33. The molecule has 0 N–H and O–H groups in total. The van der Waals surface area contributed by atoms with Gasteiger partial charge in [0, 0.05) is 23.6 Å². The van der Waals surface area contributed by atoms with E-state index in [9.17, 15) is 0 Å². The molecule has 6 rings (SSSR count). The van der Waals surface area contributed by atoms with Crippen LogP contribution in [-0.2, 0) is 19.9 Å². The van der Waals surface area contributed by atoms with Crippen molar-refractivity contribution in [1.29, 1.82) is 0 Å². The molecule has 0 saturated carbocycles. The molecule has 0 saturated heterocycles. The number of fused-ring (bicyclic) bond motifs is 7. The standard InChI is InChI=1S/C30H28N/c1-17-13-19(3)20(4)25(14-17)30-28-16-27-22(23(28)11-12-31(30)5)9-10-24-26(27)15-21-8-6-7-18(2)29(21)24/h6-14H,15-16H2,1-5H3/q+1. The van der Waals surface area contributed by atoms with E-state index in [-0.39, 0.29) is 0 Å². The van der Waals surface area contributed by atoms with E-state index in [4.69, 9.17) is 0 Å². The highest BCUT2D eigenvalue weighted by atomic mass is 14.9. The van der Waals surface area contributed by atoms with E-state index in [2.05, 4.69) is 94.0 Å². The average Bonchev–Trinajstić information content (AvgIpc) is 3.29. The molecule has 2 aliphatic rings. The first-order valence-electron chi connectivity index (χ1n) is 11.3. The zero-order valence-corrected chi connectivity index (χ0v) is 19.1. The Bertz CT molecular complexity index is 1420. The van der Waals surface area contributed by atoms with Gasteiger partial charge in [0.05, 0.1) is 0 Å². The van der Waals surface area contributed by atoms with Gasteiger partial charge in [-0.2, -0.15) is 0 Å². The van der Waals surface area contributed by atoms with Crippen molar-refractivity contribution in [2.45, 2.75) is 40.5 Å². The molecule has 3 aromatic carbocycles. The Morgan fingerprint density at radius 2 is 1.42 bits per heavy atom. The fourth-order valence-corrected chi connectivity index (χ4v) is 5.98. The Morgan fingerprint density at radius 3 is 2.26 bits per heavy atom. The molecule has 1 heteroatoms. The molecule has 0 radical (unpaired) electrons. The first-order chi connectivity index (χ1) is 14.9. The maximum atomic E-state index is 2.37. The van der Waals surface area contributed by atoms with Crippen LogP contribution in [0.4, 0.5) is 0 Å². The summed E-state index contributed by atoms with van der Waals surface area (Å²) in [6.07, 6.45) is 4.33. The fraction of sp³-hybridized carbons (Fsp3) is 0.233. The maximum absolute atomic E-state index is 2.37. The minimum Gasteiger partial charge on any atom is -0.201 e. The number of hydrogen-bond acceptors (Lipinski definition) is 0. The molecule has 1 aromatic heterocycles. The van der Waals surface area contributed by atoms with Crippen LogP contribution < -0.4 is 4.57 Å². The molecule has 4 aromatic rings. The van der Waals surface area contributed by atoms with Crippen LogP contribution in [-0.4, -0.2) is 0 Å². The Hall–Kier alpha value is -3.19. The van der Waals surface area contributed by atoms with Gasteiger partial charge in [0.15, 0.2) is 6.20 Å². The first-order valence-corrected chi connectivity index (χ1v) is 11.3. The van der Waals surface area contributed by atoms with Crippen LogP contribution >= 0.6 is 0 Å². The Labute approximate surface area is 185 Å². The molecule has 1 nitrogen and oxygen atoms in total. The molecule has 0 fully saturated rings. The van der Waals surface area contributed by atoms with Gasteiger partial charge in [0.2, 0.25) is 5.69 Å². The quantitative estimate of drug-likeness (QED) is 0.274. The van der Waals surface area contributed by atoms with Crippen LogP contribution in [0.1, 0.15) is 44.5 Å². The minimum atomic E-state index is 1.03. The van der Waals surface area contributed by atoms with E-state index in [1.165, 1.54) is 72.5 Å². The Morgan fingerprint density at radius 1 is 0.677 bits per heavy atom. The topological polar surface area (TPSA) is 3.88 Å². The molecule has 0 spiro atoms.